The Bertz CT molecular complexity index is 828. The minimum atomic E-state index is -3.68. The number of anilines is 1. The molecule has 7 heteroatoms. The zero-order valence-electron chi connectivity index (χ0n) is 12.1. The second kappa shape index (κ2) is 7.81. The van der Waals surface area contributed by atoms with Crippen molar-refractivity contribution < 1.29 is 13.2 Å². The predicted molar refractivity (Wildman–Crippen MR) is 89.9 cm³/mol. The summed E-state index contributed by atoms with van der Waals surface area (Å²) in [5.41, 5.74) is 0.501. The zero-order valence-corrected chi connectivity index (χ0v) is 13.7. The molecule has 0 fully saturated rings. The number of nitrogens with zero attached hydrogens (tertiary/aromatic N) is 1. The molecular formula is C16H14N2O3S2. The summed E-state index contributed by atoms with van der Waals surface area (Å²) in [4.78, 5) is 12.9. The maximum atomic E-state index is 12.2. The third kappa shape index (κ3) is 4.84. The highest BCUT2D eigenvalue weighted by atomic mass is 32.2. The number of hydrogen-bond acceptors (Lipinski definition) is 5. The molecule has 0 unspecified atom stereocenters. The summed E-state index contributed by atoms with van der Waals surface area (Å²) in [6.07, 6.45) is 0. The Kier molecular flexibility index (Phi) is 5.79. The summed E-state index contributed by atoms with van der Waals surface area (Å²) in [7, 11) is -3.68. The number of hydrogen-bond donors (Lipinski definition) is 1. The van der Waals surface area contributed by atoms with E-state index in [0.717, 1.165) is 4.90 Å². The van der Waals surface area contributed by atoms with Crippen molar-refractivity contribution in [3.8, 4) is 6.07 Å². The molecule has 0 aliphatic carbocycles. The molecule has 0 saturated heterocycles. The Morgan fingerprint density at radius 1 is 1.09 bits per heavy atom. The van der Waals surface area contributed by atoms with Crippen molar-refractivity contribution in [1.29, 1.82) is 5.26 Å². The number of benzene rings is 2. The van der Waals surface area contributed by atoms with Crippen LogP contribution in [0.5, 0.6) is 0 Å². The third-order valence-electron chi connectivity index (χ3n) is 2.88. The van der Waals surface area contributed by atoms with E-state index in [0.29, 0.717) is 5.69 Å². The predicted octanol–water partition coefficient (Wildman–Crippen LogP) is 2.71. The van der Waals surface area contributed by atoms with E-state index < -0.39 is 21.5 Å². The van der Waals surface area contributed by atoms with Gasteiger partial charge in [-0.3, -0.25) is 4.79 Å². The van der Waals surface area contributed by atoms with Crippen LogP contribution in [-0.4, -0.2) is 25.8 Å². The van der Waals surface area contributed by atoms with E-state index in [1.165, 1.54) is 23.9 Å². The first-order chi connectivity index (χ1) is 11.0. The van der Waals surface area contributed by atoms with Crippen molar-refractivity contribution in [2.75, 3.05) is 16.8 Å². The lowest BCUT2D eigenvalue weighted by atomic mass is 10.3. The van der Waals surface area contributed by atoms with Crippen molar-refractivity contribution in [2.45, 2.75) is 9.79 Å². The molecule has 0 spiro atoms. The van der Waals surface area contributed by atoms with Crippen LogP contribution in [0.3, 0.4) is 0 Å². The van der Waals surface area contributed by atoms with E-state index in [2.05, 4.69) is 5.32 Å². The van der Waals surface area contributed by atoms with Crippen LogP contribution in [0.1, 0.15) is 0 Å². The molecule has 0 aromatic heterocycles. The lowest BCUT2D eigenvalue weighted by Crippen LogP contribution is -2.23. The first kappa shape index (κ1) is 17.1. The van der Waals surface area contributed by atoms with Gasteiger partial charge in [0.15, 0.2) is 9.84 Å². The van der Waals surface area contributed by atoms with Crippen LogP contribution in [0.25, 0.3) is 0 Å². The first-order valence-electron chi connectivity index (χ1n) is 6.69. The van der Waals surface area contributed by atoms with Crippen molar-refractivity contribution in [3.05, 3.63) is 54.6 Å². The summed E-state index contributed by atoms with van der Waals surface area (Å²) < 4.78 is 24.4. The van der Waals surface area contributed by atoms with Gasteiger partial charge in [0.1, 0.15) is 5.75 Å². The molecule has 2 rings (SSSR count). The summed E-state index contributed by atoms with van der Waals surface area (Å²) in [5.74, 6) is -0.998. The monoisotopic (exact) mass is 346 g/mol. The molecule has 118 valence electrons. The number of thioether (sulfide) groups is 1. The van der Waals surface area contributed by atoms with Gasteiger partial charge in [-0.1, -0.05) is 30.3 Å². The first-order valence-corrected chi connectivity index (χ1v) is 9.33. The van der Waals surface area contributed by atoms with Gasteiger partial charge in [0.2, 0.25) is 5.91 Å². The highest BCUT2D eigenvalue weighted by Crippen LogP contribution is 2.26. The molecule has 0 heterocycles. The van der Waals surface area contributed by atoms with Crippen LogP contribution in [-0.2, 0) is 14.6 Å². The van der Waals surface area contributed by atoms with Crippen molar-refractivity contribution in [1.82, 2.24) is 0 Å². The van der Waals surface area contributed by atoms with E-state index in [4.69, 9.17) is 5.26 Å². The number of amides is 1. The molecule has 0 radical (unpaired) electrons. The van der Waals surface area contributed by atoms with Crippen molar-refractivity contribution in [2.24, 2.45) is 0 Å². The third-order valence-corrected chi connectivity index (χ3v) is 5.45. The van der Waals surface area contributed by atoms with Gasteiger partial charge in [-0.2, -0.15) is 5.26 Å². The number of nitrogens with one attached hydrogen (secondary N) is 1. The summed E-state index contributed by atoms with van der Waals surface area (Å²) >= 11 is 1.28. The molecule has 1 N–H and O–H groups in total. The van der Waals surface area contributed by atoms with Crippen LogP contribution < -0.4 is 5.32 Å². The van der Waals surface area contributed by atoms with Gasteiger partial charge in [-0.05, 0) is 24.3 Å². The van der Waals surface area contributed by atoms with Crippen LogP contribution in [0.15, 0.2) is 64.4 Å². The lowest BCUT2D eigenvalue weighted by Gasteiger charge is -2.10. The standard InChI is InChI=1S/C16H14N2O3S2/c17-10-11-22-15-9-5-4-8-14(15)18-16(19)12-23(20,21)13-6-2-1-3-7-13/h1-9H,11-12H2,(H,18,19). The topological polar surface area (TPSA) is 87.0 Å². The molecule has 0 atom stereocenters. The van der Waals surface area contributed by atoms with Gasteiger partial charge in [-0.25, -0.2) is 8.42 Å². The van der Waals surface area contributed by atoms with Gasteiger partial charge in [0.05, 0.1) is 22.4 Å². The Balaban J connectivity index is 2.10. The van der Waals surface area contributed by atoms with Crippen LogP contribution >= 0.6 is 11.8 Å². The maximum absolute atomic E-state index is 12.2. The zero-order chi connectivity index (χ0) is 16.7. The summed E-state index contributed by atoms with van der Waals surface area (Å²) in [6, 6.07) is 16.8. The van der Waals surface area contributed by atoms with Crippen LogP contribution in [0.4, 0.5) is 5.69 Å². The van der Waals surface area contributed by atoms with E-state index in [-0.39, 0.29) is 10.6 Å². The van der Waals surface area contributed by atoms with Gasteiger partial charge in [0, 0.05) is 4.90 Å². The van der Waals surface area contributed by atoms with Gasteiger partial charge in [0.25, 0.3) is 0 Å². The minimum Gasteiger partial charge on any atom is -0.324 e. The Labute approximate surface area is 139 Å². The number of carbonyl (C=O) groups is 1. The van der Waals surface area contributed by atoms with Crippen molar-refractivity contribution in [3.63, 3.8) is 0 Å². The lowest BCUT2D eigenvalue weighted by molar-refractivity contribution is -0.113. The molecular weight excluding hydrogens is 332 g/mol. The van der Waals surface area contributed by atoms with E-state index >= 15 is 0 Å². The van der Waals surface area contributed by atoms with Crippen molar-refractivity contribution >= 4 is 33.2 Å². The van der Waals surface area contributed by atoms with E-state index in [1.807, 2.05) is 6.07 Å². The normalized spacial score (nSPS) is 10.7. The SMILES string of the molecule is N#CCSc1ccccc1NC(=O)CS(=O)(=O)c1ccccc1. The Morgan fingerprint density at radius 3 is 2.43 bits per heavy atom. The van der Waals surface area contributed by atoms with Gasteiger partial charge in [-0.15, -0.1) is 11.8 Å². The molecule has 2 aromatic rings. The second-order valence-corrected chi connectivity index (χ2v) is 7.57. The summed E-state index contributed by atoms with van der Waals surface area (Å²) in [6.45, 7) is 0. The smallest absolute Gasteiger partial charge is 0.239 e. The molecule has 1 amide bonds. The molecule has 23 heavy (non-hydrogen) atoms. The average Bonchev–Trinajstić information content (AvgIpc) is 2.54. The number of nitriles is 1. The molecule has 0 aliphatic heterocycles. The fraction of sp³-hybridized carbons (Fsp3) is 0.125. The fourth-order valence-corrected chi connectivity index (χ4v) is 3.70. The highest BCUT2D eigenvalue weighted by Gasteiger charge is 2.19. The molecule has 0 saturated carbocycles. The van der Waals surface area contributed by atoms with Crippen LogP contribution in [0, 0.1) is 11.3 Å². The molecule has 2 aromatic carbocycles. The average molecular weight is 346 g/mol. The van der Waals surface area contributed by atoms with Crippen LogP contribution in [0.2, 0.25) is 0 Å². The van der Waals surface area contributed by atoms with Gasteiger partial charge >= 0.3 is 0 Å². The maximum Gasteiger partial charge on any atom is 0.239 e. The fourth-order valence-electron chi connectivity index (χ4n) is 1.88. The summed E-state index contributed by atoms with van der Waals surface area (Å²) in [5, 5.41) is 11.2. The quantitative estimate of drug-likeness (QED) is 0.813. The Morgan fingerprint density at radius 2 is 1.74 bits per heavy atom. The van der Waals surface area contributed by atoms with Gasteiger partial charge < -0.3 is 5.32 Å². The molecule has 0 aliphatic rings. The minimum absolute atomic E-state index is 0.113. The number of rotatable bonds is 6. The number of carbonyl (C=O) groups excluding carboxylic acids is 1. The highest BCUT2D eigenvalue weighted by molar-refractivity contribution is 7.99. The second-order valence-electron chi connectivity index (χ2n) is 4.56. The van der Waals surface area contributed by atoms with E-state index in [9.17, 15) is 13.2 Å². The number of sulfone groups is 1. The number of para-hydroxylation sites is 1. The molecule has 5 nitrogen and oxygen atoms in total. The molecule has 0 bridgehead atoms. The van der Waals surface area contributed by atoms with E-state index in [1.54, 1.807) is 42.5 Å². The largest absolute Gasteiger partial charge is 0.324 e. The Hall–Kier alpha value is -2.30.